The third-order valence-corrected chi connectivity index (χ3v) is 7.10. The molecule has 2 heterocycles. The lowest BCUT2D eigenvalue weighted by Gasteiger charge is -2.22. The summed E-state index contributed by atoms with van der Waals surface area (Å²) in [7, 11) is 0. The molecule has 1 aromatic heterocycles. The van der Waals surface area contributed by atoms with E-state index in [9.17, 15) is 9.59 Å². The largest absolute Gasteiger partial charge is 0.271 e. The average Bonchev–Trinajstić information content (AvgIpc) is 3.32. The summed E-state index contributed by atoms with van der Waals surface area (Å²) >= 11 is 6.93. The van der Waals surface area contributed by atoms with Gasteiger partial charge in [0.15, 0.2) is 0 Å². The lowest BCUT2D eigenvalue weighted by molar-refractivity contribution is -0.133. The maximum Gasteiger partial charge on any atom is 0.267 e. The molecule has 8 heteroatoms. The van der Waals surface area contributed by atoms with E-state index in [1.165, 1.54) is 15.8 Å². The van der Waals surface area contributed by atoms with E-state index in [4.69, 9.17) is 5.10 Å². The number of aryl methyl sites for hydroxylation is 1. The summed E-state index contributed by atoms with van der Waals surface area (Å²) in [5.41, 5.74) is 5.03. The summed E-state index contributed by atoms with van der Waals surface area (Å²) in [4.78, 5) is 26.2. The molecule has 0 saturated heterocycles. The Labute approximate surface area is 225 Å². The van der Waals surface area contributed by atoms with Crippen molar-refractivity contribution in [3.8, 4) is 11.3 Å². The molecular formula is C28H22Br2N4O2. The van der Waals surface area contributed by atoms with Crippen LogP contribution in [0.15, 0.2) is 104 Å². The van der Waals surface area contributed by atoms with Crippen molar-refractivity contribution < 1.29 is 4.79 Å². The molecule has 4 aromatic rings. The van der Waals surface area contributed by atoms with Gasteiger partial charge in [-0.15, -0.1) is 0 Å². The fraction of sp³-hybridized carbons (Fsp3) is 0.143. The van der Waals surface area contributed by atoms with E-state index in [0.29, 0.717) is 12.1 Å². The minimum Gasteiger partial charge on any atom is -0.271 e. The van der Waals surface area contributed by atoms with Gasteiger partial charge < -0.3 is 0 Å². The lowest BCUT2D eigenvalue weighted by Crippen LogP contribution is -2.34. The van der Waals surface area contributed by atoms with Crippen molar-refractivity contribution in [1.29, 1.82) is 0 Å². The highest BCUT2D eigenvalue weighted by Gasteiger charge is 2.33. The molecule has 0 aliphatic carbocycles. The predicted octanol–water partition coefficient (Wildman–Crippen LogP) is 6.12. The Balaban J connectivity index is 1.47. The Morgan fingerprint density at radius 2 is 1.67 bits per heavy atom. The van der Waals surface area contributed by atoms with Gasteiger partial charge in [0.05, 0.1) is 17.4 Å². The molecule has 1 amide bonds. The van der Waals surface area contributed by atoms with Crippen molar-refractivity contribution in [2.45, 2.75) is 25.9 Å². The normalized spacial score (nSPS) is 15.1. The zero-order valence-corrected chi connectivity index (χ0v) is 22.6. The fourth-order valence-corrected chi connectivity index (χ4v) is 4.83. The van der Waals surface area contributed by atoms with Gasteiger partial charge in [0.2, 0.25) is 0 Å². The Hall–Kier alpha value is -3.36. The number of hydrogen-bond acceptors (Lipinski definition) is 4. The summed E-state index contributed by atoms with van der Waals surface area (Å²) in [5.74, 6) is -0.298. The van der Waals surface area contributed by atoms with Crippen LogP contribution in [0.25, 0.3) is 11.3 Å². The zero-order chi connectivity index (χ0) is 25.2. The van der Waals surface area contributed by atoms with Crippen LogP contribution in [0.1, 0.15) is 29.2 Å². The van der Waals surface area contributed by atoms with Gasteiger partial charge in [-0.2, -0.15) is 10.2 Å². The number of hydrogen-bond donors (Lipinski definition) is 0. The molecule has 1 unspecified atom stereocenters. The van der Waals surface area contributed by atoms with Gasteiger partial charge in [-0.1, -0.05) is 86.0 Å². The molecule has 36 heavy (non-hydrogen) atoms. The van der Waals surface area contributed by atoms with Gasteiger partial charge in [0.1, 0.15) is 6.54 Å². The lowest BCUT2D eigenvalue weighted by atomic mass is 9.98. The Bertz CT molecular complexity index is 1510. The highest BCUT2D eigenvalue weighted by molar-refractivity contribution is 9.10. The summed E-state index contributed by atoms with van der Waals surface area (Å²) < 4.78 is 3.09. The molecule has 0 saturated carbocycles. The van der Waals surface area contributed by atoms with Gasteiger partial charge in [-0.3, -0.25) is 9.59 Å². The van der Waals surface area contributed by atoms with Gasteiger partial charge in [0, 0.05) is 27.0 Å². The predicted molar refractivity (Wildman–Crippen MR) is 148 cm³/mol. The van der Waals surface area contributed by atoms with E-state index in [1.54, 1.807) is 6.07 Å². The molecule has 0 fully saturated rings. The molecule has 0 bridgehead atoms. The molecule has 0 radical (unpaired) electrons. The smallest absolute Gasteiger partial charge is 0.267 e. The maximum atomic E-state index is 13.6. The Morgan fingerprint density at radius 3 is 2.39 bits per heavy atom. The molecule has 0 N–H and O–H groups in total. The van der Waals surface area contributed by atoms with E-state index in [1.807, 2.05) is 79.7 Å². The van der Waals surface area contributed by atoms with Crippen LogP contribution in [0, 0.1) is 6.92 Å². The van der Waals surface area contributed by atoms with Gasteiger partial charge in [-0.05, 0) is 48.4 Å². The monoisotopic (exact) mass is 604 g/mol. The Kier molecular flexibility index (Phi) is 6.98. The molecule has 1 aliphatic rings. The fourth-order valence-electron chi connectivity index (χ4n) is 4.17. The highest BCUT2D eigenvalue weighted by atomic mass is 79.9. The van der Waals surface area contributed by atoms with Crippen LogP contribution in [0.5, 0.6) is 0 Å². The van der Waals surface area contributed by atoms with Crippen LogP contribution < -0.4 is 5.56 Å². The number of rotatable bonds is 5. The molecule has 1 aliphatic heterocycles. The van der Waals surface area contributed by atoms with Crippen LogP contribution in [-0.4, -0.2) is 26.4 Å². The van der Waals surface area contributed by atoms with E-state index in [0.717, 1.165) is 36.9 Å². The topological polar surface area (TPSA) is 67.6 Å². The van der Waals surface area contributed by atoms with E-state index in [2.05, 4.69) is 37.0 Å². The first-order valence-electron chi connectivity index (χ1n) is 11.4. The quantitative estimate of drug-likeness (QED) is 0.275. The maximum absolute atomic E-state index is 13.6. The summed E-state index contributed by atoms with van der Waals surface area (Å²) in [6.07, 6.45) is 0.580. The first kappa shape index (κ1) is 24.3. The summed E-state index contributed by atoms with van der Waals surface area (Å²) in [6, 6.07) is 26.5. The average molecular weight is 606 g/mol. The minimum atomic E-state index is -0.342. The van der Waals surface area contributed by atoms with Crippen molar-refractivity contribution in [3.05, 3.63) is 121 Å². The van der Waals surface area contributed by atoms with E-state index >= 15 is 0 Å². The third-order valence-electron chi connectivity index (χ3n) is 6.08. The zero-order valence-electron chi connectivity index (χ0n) is 19.4. The first-order valence-corrected chi connectivity index (χ1v) is 13.0. The van der Waals surface area contributed by atoms with E-state index < -0.39 is 0 Å². The number of hydrazone groups is 1. The number of aromatic nitrogens is 2. The first-order chi connectivity index (χ1) is 17.4. The number of halogens is 2. The summed E-state index contributed by atoms with van der Waals surface area (Å²) in [5, 5.41) is 10.7. The van der Waals surface area contributed by atoms with Crippen molar-refractivity contribution in [1.82, 2.24) is 14.8 Å². The number of nitrogens with zero attached hydrogens (tertiary/aromatic N) is 4. The molecule has 180 valence electrons. The molecule has 3 aromatic carbocycles. The number of carbonyl (C=O) groups is 1. The number of amides is 1. The van der Waals surface area contributed by atoms with E-state index in [-0.39, 0.29) is 24.1 Å². The van der Waals surface area contributed by atoms with Gasteiger partial charge >= 0.3 is 0 Å². The summed E-state index contributed by atoms with van der Waals surface area (Å²) in [6.45, 7) is 1.82. The van der Waals surface area contributed by atoms with Crippen molar-refractivity contribution >= 4 is 43.5 Å². The highest BCUT2D eigenvalue weighted by Crippen LogP contribution is 2.33. The van der Waals surface area contributed by atoms with Crippen LogP contribution in [0.2, 0.25) is 0 Å². The van der Waals surface area contributed by atoms with Crippen LogP contribution in [0.4, 0.5) is 0 Å². The molecule has 1 atom stereocenters. The van der Waals surface area contributed by atoms with Gasteiger partial charge in [0.25, 0.3) is 11.5 Å². The SMILES string of the molecule is Cc1ccc(C2CC(c3ccc(Br)cc3)=NN2C(=O)Cn2nc(-c3cccc(Br)c3)ccc2=O)cc1. The molecule has 0 spiro atoms. The second kappa shape index (κ2) is 10.3. The van der Waals surface area contributed by atoms with Crippen molar-refractivity contribution in [3.63, 3.8) is 0 Å². The molecule has 6 nitrogen and oxygen atoms in total. The van der Waals surface area contributed by atoms with Crippen LogP contribution in [-0.2, 0) is 11.3 Å². The van der Waals surface area contributed by atoms with Gasteiger partial charge in [-0.25, -0.2) is 9.69 Å². The number of benzene rings is 3. The second-order valence-corrected chi connectivity index (χ2v) is 10.5. The molecular weight excluding hydrogens is 584 g/mol. The number of carbonyl (C=O) groups excluding carboxylic acids is 1. The standard InChI is InChI=1S/C28H22Br2N4O2/c1-18-5-7-20(8-6-18)26-16-25(19-9-11-22(29)12-10-19)32-34(26)28(36)17-33-27(35)14-13-24(31-33)21-3-2-4-23(30)15-21/h2-15,26H,16-17H2,1H3. The minimum absolute atomic E-state index is 0.208. The van der Waals surface area contributed by atoms with Crippen LogP contribution in [0.3, 0.4) is 0 Å². The third kappa shape index (κ3) is 5.24. The van der Waals surface area contributed by atoms with Crippen molar-refractivity contribution in [2.75, 3.05) is 0 Å². The van der Waals surface area contributed by atoms with Crippen molar-refractivity contribution in [2.24, 2.45) is 5.10 Å². The second-order valence-electron chi connectivity index (χ2n) is 8.65. The van der Waals surface area contributed by atoms with Crippen LogP contribution >= 0.6 is 31.9 Å². The Morgan fingerprint density at radius 1 is 0.917 bits per heavy atom. The molecule has 5 rings (SSSR count).